The van der Waals surface area contributed by atoms with E-state index in [-0.39, 0.29) is 11.9 Å². The minimum Gasteiger partial charge on any atom is -0.331 e. The van der Waals surface area contributed by atoms with E-state index >= 15 is 0 Å². The van der Waals surface area contributed by atoms with Crippen molar-refractivity contribution in [2.24, 2.45) is 5.73 Å². The third-order valence-electron chi connectivity index (χ3n) is 3.63. The van der Waals surface area contributed by atoms with Crippen LogP contribution in [0.25, 0.3) is 11.3 Å². The van der Waals surface area contributed by atoms with Crippen LogP contribution >= 0.6 is 11.6 Å². The van der Waals surface area contributed by atoms with Gasteiger partial charge in [0.2, 0.25) is 5.91 Å². The van der Waals surface area contributed by atoms with E-state index in [1.54, 1.807) is 6.07 Å². The van der Waals surface area contributed by atoms with E-state index in [4.69, 9.17) is 17.3 Å². The number of allylic oxidation sites excluding steroid dienone is 1. The zero-order chi connectivity index (χ0) is 16.4. The van der Waals surface area contributed by atoms with Crippen LogP contribution in [-0.2, 0) is 4.79 Å². The Labute approximate surface area is 137 Å². The molecule has 1 aliphatic rings. The number of halogens is 2. The highest BCUT2D eigenvalue weighted by atomic mass is 35.5. The molecular weight excluding hydrogens is 319 g/mol. The molecule has 4 N–H and O–H groups in total. The molecule has 2 bridgehead atoms. The van der Waals surface area contributed by atoms with Crippen molar-refractivity contribution in [3.05, 3.63) is 47.1 Å². The lowest BCUT2D eigenvalue weighted by Gasteiger charge is -2.10. The number of anilines is 1. The monoisotopic (exact) mass is 334 g/mol. The van der Waals surface area contributed by atoms with Gasteiger partial charge in [-0.2, -0.15) is 0 Å². The van der Waals surface area contributed by atoms with Crippen molar-refractivity contribution in [2.45, 2.75) is 25.3 Å². The maximum atomic E-state index is 13.6. The van der Waals surface area contributed by atoms with Gasteiger partial charge >= 0.3 is 0 Å². The van der Waals surface area contributed by atoms with Crippen LogP contribution in [0.4, 0.5) is 10.1 Å². The quantitative estimate of drug-likeness (QED) is 0.644. The van der Waals surface area contributed by atoms with Crippen molar-refractivity contribution in [1.29, 1.82) is 0 Å². The summed E-state index contributed by atoms with van der Waals surface area (Å²) in [5.74, 6) is -0.0933. The Morgan fingerprint density at radius 2 is 2.17 bits per heavy atom. The molecule has 23 heavy (non-hydrogen) atoms. The summed E-state index contributed by atoms with van der Waals surface area (Å²) in [7, 11) is 0. The first kappa shape index (κ1) is 15.7. The zero-order valence-electron chi connectivity index (χ0n) is 12.3. The topological polar surface area (TPSA) is 83.8 Å². The predicted molar refractivity (Wildman–Crippen MR) is 87.5 cm³/mol. The highest BCUT2D eigenvalue weighted by molar-refractivity contribution is 6.32. The number of nitrogens with two attached hydrogens (primary N) is 1. The van der Waals surface area contributed by atoms with E-state index in [1.807, 2.05) is 12.2 Å². The van der Waals surface area contributed by atoms with E-state index in [2.05, 4.69) is 15.3 Å². The van der Waals surface area contributed by atoms with Crippen molar-refractivity contribution in [1.82, 2.24) is 9.97 Å². The fraction of sp³-hybridized carbons (Fsp3) is 0.250. The number of nitrogens with zero attached hydrogens (tertiary/aromatic N) is 1. The van der Waals surface area contributed by atoms with Gasteiger partial charge in [-0.15, -0.1) is 0 Å². The molecule has 0 radical (unpaired) electrons. The van der Waals surface area contributed by atoms with Crippen molar-refractivity contribution in [3.8, 4) is 11.3 Å². The number of fused-ring (bicyclic) bond motifs is 4. The van der Waals surface area contributed by atoms with E-state index in [0.717, 1.165) is 0 Å². The molecule has 0 saturated carbocycles. The second kappa shape index (κ2) is 6.52. The molecule has 0 spiro atoms. The SMILES string of the molecule is N[C@H]1C/C=C/CCC(=O)Nc2cc(F)ccc2-c2nc1[nH]c2Cl. The third kappa shape index (κ3) is 3.43. The summed E-state index contributed by atoms with van der Waals surface area (Å²) < 4.78 is 13.6. The van der Waals surface area contributed by atoms with E-state index in [0.29, 0.717) is 47.2 Å². The Morgan fingerprint density at radius 3 is 3.00 bits per heavy atom. The molecule has 1 amide bonds. The fourth-order valence-electron chi connectivity index (χ4n) is 2.45. The lowest BCUT2D eigenvalue weighted by molar-refractivity contribution is -0.116. The number of aromatic nitrogens is 2. The van der Waals surface area contributed by atoms with Crippen molar-refractivity contribution in [2.75, 3.05) is 5.32 Å². The van der Waals surface area contributed by atoms with Gasteiger partial charge in [-0.1, -0.05) is 23.8 Å². The summed E-state index contributed by atoms with van der Waals surface area (Å²) in [6.45, 7) is 0. The van der Waals surface area contributed by atoms with Gasteiger partial charge in [0.25, 0.3) is 0 Å². The van der Waals surface area contributed by atoms with E-state index in [1.165, 1.54) is 12.1 Å². The Hall–Kier alpha value is -2.18. The average Bonchev–Trinajstić information content (AvgIpc) is 2.88. The second-order valence-electron chi connectivity index (χ2n) is 5.37. The van der Waals surface area contributed by atoms with Crippen molar-refractivity contribution < 1.29 is 9.18 Å². The summed E-state index contributed by atoms with van der Waals surface area (Å²) >= 11 is 6.22. The Kier molecular flexibility index (Phi) is 4.45. The van der Waals surface area contributed by atoms with Crippen molar-refractivity contribution in [3.63, 3.8) is 0 Å². The van der Waals surface area contributed by atoms with Crippen LogP contribution in [0.15, 0.2) is 30.4 Å². The first-order valence-electron chi connectivity index (χ1n) is 7.30. The molecule has 2 aromatic rings. The van der Waals surface area contributed by atoms with Crippen LogP contribution in [0.3, 0.4) is 0 Å². The maximum Gasteiger partial charge on any atom is 0.224 e. The zero-order valence-corrected chi connectivity index (χ0v) is 13.0. The van der Waals surface area contributed by atoms with Crippen LogP contribution in [0, 0.1) is 5.82 Å². The number of nitrogens with one attached hydrogen (secondary N) is 2. The summed E-state index contributed by atoms with van der Waals surface area (Å²) in [5.41, 5.74) is 7.42. The number of hydrogen-bond donors (Lipinski definition) is 3. The molecule has 5 nitrogen and oxygen atoms in total. The van der Waals surface area contributed by atoms with Crippen LogP contribution in [0.1, 0.15) is 31.1 Å². The number of imidazole rings is 1. The number of carbonyl (C=O) groups excluding carboxylic acids is 1. The largest absolute Gasteiger partial charge is 0.331 e. The lowest BCUT2D eigenvalue weighted by atomic mass is 10.1. The predicted octanol–water partition coefficient (Wildman–Crippen LogP) is 3.55. The summed E-state index contributed by atoms with van der Waals surface area (Å²) in [6, 6.07) is 3.77. The van der Waals surface area contributed by atoms with Crippen LogP contribution < -0.4 is 11.1 Å². The molecule has 0 aliphatic carbocycles. The van der Waals surface area contributed by atoms with E-state index in [9.17, 15) is 9.18 Å². The number of H-pyrrole nitrogens is 1. The first-order valence-corrected chi connectivity index (χ1v) is 7.68. The van der Waals surface area contributed by atoms with Crippen LogP contribution in [0.2, 0.25) is 5.15 Å². The highest BCUT2D eigenvalue weighted by Gasteiger charge is 2.19. The minimum absolute atomic E-state index is 0.197. The average molecular weight is 335 g/mol. The number of carbonyl (C=O) groups is 1. The molecule has 1 aliphatic heterocycles. The third-order valence-corrected chi connectivity index (χ3v) is 3.91. The normalized spacial score (nSPS) is 19.8. The molecular formula is C16H16ClFN4O. The molecule has 0 unspecified atom stereocenters. The number of hydrogen-bond acceptors (Lipinski definition) is 3. The maximum absolute atomic E-state index is 13.6. The van der Waals surface area contributed by atoms with Crippen molar-refractivity contribution >= 4 is 23.2 Å². The Bertz CT molecular complexity index is 771. The summed E-state index contributed by atoms with van der Waals surface area (Å²) in [6.07, 6.45) is 5.29. The fourth-order valence-corrected chi connectivity index (χ4v) is 2.69. The molecule has 3 rings (SSSR count). The van der Waals surface area contributed by atoms with Gasteiger partial charge in [0.1, 0.15) is 22.5 Å². The molecule has 0 saturated heterocycles. The smallest absolute Gasteiger partial charge is 0.224 e. The first-order chi connectivity index (χ1) is 11.0. The lowest BCUT2D eigenvalue weighted by Crippen LogP contribution is -2.12. The molecule has 120 valence electrons. The van der Waals surface area contributed by atoms with Gasteiger partial charge in [0.05, 0.1) is 11.7 Å². The Morgan fingerprint density at radius 1 is 1.35 bits per heavy atom. The van der Waals surface area contributed by atoms with Crippen LogP contribution in [-0.4, -0.2) is 15.9 Å². The molecule has 1 aromatic carbocycles. The van der Waals surface area contributed by atoms with E-state index < -0.39 is 5.82 Å². The van der Waals surface area contributed by atoms with Gasteiger partial charge < -0.3 is 16.0 Å². The number of amides is 1. The van der Waals surface area contributed by atoms with Crippen LogP contribution in [0.5, 0.6) is 0 Å². The standard InChI is InChI=1S/C16H16ClFN4O/c17-15-14-10-7-6-9(18)8-12(10)20-13(23)5-3-1-2-4-11(19)16(21-14)22-15/h1-2,6-8,11H,3-5,19H2,(H,20,23)(H,21,22)/b2-1+/t11-/m0/s1. The molecule has 0 fully saturated rings. The molecule has 2 heterocycles. The highest BCUT2D eigenvalue weighted by Crippen LogP contribution is 2.33. The number of benzene rings is 1. The molecule has 7 heteroatoms. The second-order valence-corrected chi connectivity index (χ2v) is 5.75. The van der Waals surface area contributed by atoms with Gasteiger partial charge in [0, 0.05) is 12.0 Å². The molecule has 1 aromatic heterocycles. The number of aromatic amines is 1. The molecule has 1 atom stereocenters. The summed E-state index contributed by atoms with van der Waals surface area (Å²) in [5, 5.41) is 3.02. The van der Waals surface area contributed by atoms with Gasteiger partial charge in [-0.05, 0) is 31.0 Å². The summed E-state index contributed by atoms with van der Waals surface area (Å²) in [4.78, 5) is 19.4. The number of rotatable bonds is 0. The Balaban J connectivity index is 2.12. The van der Waals surface area contributed by atoms with Gasteiger partial charge in [-0.3, -0.25) is 4.79 Å². The minimum atomic E-state index is -0.447. The van der Waals surface area contributed by atoms with Gasteiger partial charge in [0.15, 0.2) is 0 Å². The van der Waals surface area contributed by atoms with Gasteiger partial charge in [-0.25, -0.2) is 9.37 Å².